The summed E-state index contributed by atoms with van der Waals surface area (Å²) in [5.41, 5.74) is 4.62. The third kappa shape index (κ3) is 6.50. The number of carbonyl (C=O) groups is 2. The Morgan fingerprint density at radius 3 is 2.38 bits per heavy atom. The molecule has 0 radical (unpaired) electrons. The van der Waals surface area contributed by atoms with Crippen LogP contribution in [0, 0.1) is 0 Å². The highest BCUT2D eigenvalue weighted by molar-refractivity contribution is 5.85. The molecular weight excluding hydrogens is 462 g/mol. The van der Waals surface area contributed by atoms with Crippen LogP contribution in [0.4, 0.5) is 0 Å². The fourth-order valence-electron chi connectivity index (χ4n) is 4.97. The molecule has 0 spiro atoms. The van der Waals surface area contributed by atoms with Gasteiger partial charge in [0.25, 0.3) is 0 Å². The van der Waals surface area contributed by atoms with Crippen LogP contribution in [0.3, 0.4) is 0 Å². The van der Waals surface area contributed by atoms with E-state index >= 15 is 0 Å². The lowest BCUT2D eigenvalue weighted by Crippen LogP contribution is -2.48. The van der Waals surface area contributed by atoms with Crippen LogP contribution in [0.2, 0.25) is 0 Å². The summed E-state index contributed by atoms with van der Waals surface area (Å²) < 4.78 is 7.48. The van der Waals surface area contributed by atoms with Crippen LogP contribution in [0.15, 0.2) is 72.9 Å². The summed E-state index contributed by atoms with van der Waals surface area (Å²) in [6, 6.07) is 22.5. The zero-order valence-corrected chi connectivity index (χ0v) is 22.5. The Bertz CT molecular complexity index is 1180. The minimum Gasteiger partial charge on any atom is -0.383 e. The number of aromatic nitrogens is 1. The molecule has 6 heteroatoms. The molecule has 0 saturated carbocycles. The van der Waals surface area contributed by atoms with Gasteiger partial charge in [0.1, 0.15) is 0 Å². The SMILES string of the molecule is COCCN(CC(=O)N1CCn2cccc2C1c1ccc(C(C)(C)C)cc1)C(=O)CCc1ccccc1. The number of hydrogen-bond donors (Lipinski definition) is 0. The van der Waals surface area contributed by atoms with Crippen molar-refractivity contribution in [1.29, 1.82) is 0 Å². The molecule has 2 aromatic carbocycles. The summed E-state index contributed by atoms with van der Waals surface area (Å²) in [4.78, 5) is 30.5. The van der Waals surface area contributed by atoms with E-state index in [1.54, 1.807) is 12.0 Å². The predicted molar refractivity (Wildman–Crippen MR) is 146 cm³/mol. The number of rotatable bonds is 9. The van der Waals surface area contributed by atoms with Gasteiger partial charge in [0.05, 0.1) is 19.2 Å². The average Bonchev–Trinajstić information content (AvgIpc) is 3.38. The van der Waals surface area contributed by atoms with Gasteiger partial charge in [-0.2, -0.15) is 0 Å². The van der Waals surface area contributed by atoms with Gasteiger partial charge in [0.2, 0.25) is 11.8 Å². The van der Waals surface area contributed by atoms with E-state index in [2.05, 4.69) is 61.9 Å². The molecule has 1 aliphatic rings. The molecular formula is C31H39N3O3. The zero-order valence-electron chi connectivity index (χ0n) is 22.5. The van der Waals surface area contributed by atoms with Crippen molar-refractivity contribution in [3.05, 3.63) is 95.3 Å². The topological polar surface area (TPSA) is 54.8 Å². The molecule has 0 N–H and O–H groups in total. The van der Waals surface area contributed by atoms with Gasteiger partial charge in [-0.3, -0.25) is 9.59 Å². The minimum atomic E-state index is -0.186. The molecule has 4 rings (SSSR count). The first-order chi connectivity index (χ1) is 17.8. The Labute approximate surface area is 220 Å². The number of hydrogen-bond acceptors (Lipinski definition) is 3. The van der Waals surface area contributed by atoms with E-state index in [4.69, 9.17) is 4.74 Å². The van der Waals surface area contributed by atoms with Crippen LogP contribution in [0.5, 0.6) is 0 Å². The molecule has 37 heavy (non-hydrogen) atoms. The van der Waals surface area contributed by atoms with Gasteiger partial charge in [-0.05, 0) is 40.7 Å². The number of ether oxygens (including phenoxy) is 1. The number of methoxy groups -OCH3 is 1. The smallest absolute Gasteiger partial charge is 0.243 e. The van der Waals surface area contributed by atoms with Crippen molar-refractivity contribution in [3.63, 3.8) is 0 Å². The summed E-state index contributed by atoms with van der Waals surface area (Å²) in [6.07, 6.45) is 3.09. The van der Waals surface area contributed by atoms with Gasteiger partial charge in [0, 0.05) is 45.1 Å². The highest BCUT2D eigenvalue weighted by Crippen LogP contribution is 2.34. The third-order valence-electron chi connectivity index (χ3n) is 7.17. The molecule has 1 aromatic heterocycles. The maximum Gasteiger partial charge on any atom is 0.243 e. The summed E-state index contributed by atoms with van der Waals surface area (Å²) in [7, 11) is 1.62. The normalized spacial score (nSPS) is 15.4. The molecule has 0 saturated heterocycles. The standard InChI is InChI=1S/C31H39N3O3/c1-31(2,3)26-15-13-25(14-16-26)30-27-11-8-18-32(27)19-20-34(30)29(36)23-33(21-22-37-4)28(35)17-12-24-9-6-5-7-10-24/h5-11,13-16,18,30H,12,17,19-23H2,1-4H3. The quantitative estimate of drug-likeness (QED) is 0.422. The van der Waals surface area contributed by atoms with E-state index in [1.165, 1.54) is 5.56 Å². The number of nitrogens with zero attached hydrogens (tertiary/aromatic N) is 3. The van der Waals surface area contributed by atoms with Gasteiger partial charge in [0.15, 0.2) is 0 Å². The molecule has 0 aliphatic carbocycles. The molecule has 0 bridgehead atoms. The van der Waals surface area contributed by atoms with Crippen LogP contribution in [0.25, 0.3) is 0 Å². The van der Waals surface area contributed by atoms with Crippen molar-refractivity contribution in [2.45, 2.75) is 51.6 Å². The third-order valence-corrected chi connectivity index (χ3v) is 7.17. The molecule has 1 atom stereocenters. The van der Waals surface area contributed by atoms with Crippen molar-refractivity contribution in [3.8, 4) is 0 Å². The fraction of sp³-hybridized carbons (Fsp3) is 0.419. The maximum absolute atomic E-state index is 13.8. The average molecular weight is 502 g/mol. The number of aryl methyl sites for hydroxylation is 1. The van der Waals surface area contributed by atoms with Crippen molar-refractivity contribution >= 4 is 11.8 Å². The summed E-state index contributed by atoms with van der Waals surface area (Å²) in [5.74, 6) is -0.0674. The van der Waals surface area contributed by atoms with Gasteiger partial charge in [-0.15, -0.1) is 0 Å². The molecule has 6 nitrogen and oxygen atoms in total. The van der Waals surface area contributed by atoms with Gasteiger partial charge >= 0.3 is 0 Å². The molecule has 0 fully saturated rings. The Kier molecular flexibility index (Phi) is 8.49. The van der Waals surface area contributed by atoms with Crippen molar-refractivity contribution in [2.24, 2.45) is 0 Å². The highest BCUT2D eigenvalue weighted by atomic mass is 16.5. The lowest BCUT2D eigenvalue weighted by atomic mass is 9.86. The van der Waals surface area contributed by atoms with Gasteiger partial charge < -0.3 is 19.1 Å². The summed E-state index contributed by atoms with van der Waals surface area (Å²) in [5, 5.41) is 0. The van der Waals surface area contributed by atoms with E-state index in [0.29, 0.717) is 32.5 Å². The largest absolute Gasteiger partial charge is 0.383 e. The monoisotopic (exact) mass is 501 g/mol. The zero-order chi connectivity index (χ0) is 26.4. The van der Waals surface area contributed by atoms with Crippen LogP contribution < -0.4 is 0 Å². The first-order valence-corrected chi connectivity index (χ1v) is 13.1. The predicted octanol–water partition coefficient (Wildman–Crippen LogP) is 4.83. The molecule has 1 aliphatic heterocycles. The maximum atomic E-state index is 13.8. The van der Waals surface area contributed by atoms with E-state index in [0.717, 1.165) is 23.4 Å². The molecule has 2 amide bonds. The van der Waals surface area contributed by atoms with E-state index in [1.807, 2.05) is 41.3 Å². The van der Waals surface area contributed by atoms with Crippen LogP contribution >= 0.6 is 0 Å². The Balaban J connectivity index is 1.53. The molecule has 3 aromatic rings. The van der Waals surface area contributed by atoms with Crippen molar-refractivity contribution < 1.29 is 14.3 Å². The van der Waals surface area contributed by atoms with Crippen LogP contribution in [-0.2, 0) is 32.7 Å². The first-order valence-electron chi connectivity index (χ1n) is 13.1. The fourth-order valence-corrected chi connectivity index (χ4v) is 4.97. The highest BCUT2D eigenvalue weighted by Gasteiger charge is 2.33. The van der Waals surface area contributed by atoms with Crippen molar-refractivity contribution in [1.82, 2.24) is 14.4 Å². The van der Waals surface area contributed by atoms with Gasteiger partial charge in [-0.25, -0.2) is 0 Å². The number of amides is 2. The summed E-state index contributed by atoms with van der Waals surface area (Å²) >= 11 is 0. The van der Waals surface area contributed by atoms with Crippen LogP contribution in [-0.4, -0.2) is 59.5 Å². The second-order valence-electron chi connectivity index (χ2n) is 10.8. The lowest BCUT2D eigenvalue weighted by molar-refractivity contribution is -0.142. The lowest BCUT2D eigenvalue weighted by Gasteiger charge is -2.38. The second-order valence-corrected chi connectivity index (χ2v) is 10.8. The van der Waals surface area contributed by atoms with Crippen LogP contribution in [0.1, 0.15) is 55.6 Å². The van der Waals surface area contributed by atoms with E-state index in [9.17, 15) is 9.59 Å². The van der Waals surface area contributed by atoms with E-state index < -0.39 is 0 Å². The number of benzene rings is 2. The van der Waals surface area contributed by atoms with E-state index in [-0.39, 0.29) is 29.8 Å². The molecule has 196 valence electrons. The second kappa shape index (κ2) is 11.8. The van der Waals surface area contributed by atoms with Crippen molar-refractivity contribution in [2.75, 3.05) is 33.4 Å². The number of fused-ring (bicyclic) bond motifs is 1. The minimum absolute atomic E-state index is 0.0271. The van der Waals surface area contributed by atoms with Gasteiger partial charge in [-0.1, -0.05) is 75.4 Å². The summed E-state index contributed by atoms with van der Waals surface area (Å²) in [6.45, 7) is 8.78. The Morgan fingerprint density at radius 1 is 0.973 bits per heavy atom. The Hall–Kier alpha value is -3.38. The number of carbonyl (C=O) groups excluding carboxylic acids is 2. The first kappa shape index (κ1) is 26.7. The molecule has 2 heterocycles. The Morgan fingerprint density at radius 2 is 1.70 bits per heavy atom. The molecule has 1 unspecified atom stereocenters.